The van der Waals surface area contributed by atoms with Crippen molar-refractivity contribution < 1.29 is 9.53 Å². The summed E-state index contributed by atoms with van der Waals surface area (Å²) >= 11 is 0. The zero-order valence-corrected chi connectivity index (χ0v) is 20.4. The zero-order chi connectivity index (χ0) is 22.1. The van der Waals surface area contributed by atoms with Crippen molar-refractivity contribution in [3.05, 3.63) is 36.0 Å². The molecule has 0 heterocycles. The molecule has 0 saturated heterocycles. The molecule has 9 unspecified atom stereocenters. The molecule has 4 aliphatic rings. The molecule has 4 aliphatic carbocycles. The van der Waals surface area contributed by atoms with Gasteiger partial charge in [0.1, 0.15) is 0 Å². The fourth-order valence-corrected chi connectivity index (χ4v) is 7.90. The van der Waals surface area contributed by atoms with Crippen LogP contribution >= 0.6 is 0 Å². The topological polar surface area (TPSA) is 26.3 Å². The number of carbonyl (C=O) groups excluding carboxylic acids is 1. The number of rotatable bonds is 3. The van der Waals surface area contributed by atoms with Crippen molar-refractivity contribution in [3.63, 3.8) is 0 Å². The van der Waals surface area contributed by atoms with Crippen LogP contribution in [0.25, 0.3) is 0 Å². The Morgan fingerprint density at radius 3 is 2.22 bits per heavy atom. The number of carbonyl (C=O) groups is 1. The number of hydrogen-bond acceptors (Lipinski definition) is 2. The lowest BCUT2D eigenvalue weighted by atomic mass is 9.74. The SMILES string of the molecule is C.C.C/C=C/C1CC(C)CC1(C)C(=O)OC.C/C=C1/CC2CC1C1C(/C=C/C)CC(C)C21. The number of esters is 1. The van der Waals surface area contributed by atoms with Crippen LogP contribution in [0.4, 0.5) is 0 Å². The Balaban J connectivity index is 0.000000304. The first-order valence-electron chi connectivity index (χ1n) is 12.3. The van der Waals surface area contributed by atoms with E-state index in [0.717, 1.165) is 48.3 Å². The Labute approximate surface area is 200 Å². The normalized spacial score (nSPS) is 43.0. The number of ether oxygens (including phenoxy) is 1. The molecule has 4 rings (SSSR count). The van der Waals surface area contributed by atoms with Gasteiger partial charge in [-0.2, -0.15) is 0 Å². The lowest BCUT2D eigenvalue weighted by Crippen LogP contribution is -2.32. The Morgan fingerprint density at radius 1 is 1.00 bits per heavy atom. The third kappa shape index (κ3) is 5.10. The Bertz CT molecular complexity index is 702. The highest BCUT2D eigenvalue weighted by Crippen LogP contribution is 2.64. The van der Waals surface area contributed by atoms with Gasteiger partial charge in [-0.25, -0.2) is 0 Å². The minimum Gasteiger partial charge on any atom is -0.469 e. The summed E-state index contributed by atoms with van der Waals surface area (Å²) in [5.41, 5.74) is 1.48. The number of fused-ring (bicyclic) bond motifs is 5. The summed E-state index contributed by atoms with van der Waals surface area (Å²) in [5.74, 6) is 6.78. The van der Waals surface area contributed by atoms with E-state index in [1.54, 1.807) is 5.57 Å². The molecule has 4 fully saturated rings. The molecule has 32 heavy (non-hydrogen) atoms. The first kappa shape index (κ1) is 28.7. The third-order valence-corrected chi connectivity index (χ3v) is 8.91. The van der Waals surface area contributed by atoms with Gasteiger partial charge in [-0.15, -0.1) is 0 Å². The van der Waals surface area contributed by atoms with Gasteiger partial charge in [0.25, 0.3) is 0 Å². The van der Waals surface area contributed by atoms with Crippen molar-refractivity contribution in [1.29, 1.82) is 0 Å². The minimum atomic E-state index is -0.305. The van der Waals surface area contributed by atoms with Crippen LogP contribution in [0.3, 0.4) is 0 Å². The highest BCUT2D eigenvalue weighted by atomic mass is 16.5. The van der Waals surface area contributed by atoms with Crippen molar-refractivity contribution in [2.75, 3.05) is 7.11 Å². The first-order valence-corrected chi connectivity index (χ1v) is 12.3. The van der Waals surface area contributed by atoms with Gasteiger partial charge in [-0.05, 0) is 107 Å². The molecule has 184 valence electrons. The molecule has 0 N–H and O–H groups in total. The third-order valence-electron chi connectivity index (χ3n) is 8.91. The van der Waals surface area contributed by atoms with Gasteiger partial charge in [0.2, 0.25) is 0 Å². The molecule has 2 heteroatoms. The number of allylic oxidation sites excluding steroid dienone is 6. The van der Waals surface area contributed by atoms with E-state index in [-0.39, 0.29) is 26.2 Å². The van der Waals surface area contributed by atoms with Crippen LogP contribution in [-0.4, -0.2) is 13.1 Å². The maximum absolute atomic E-state index is 11.7. The fourth-order valence-electron chi connectivity index (χ4n) is 7.90. The molecular weight excluding hydrogens is 392 g/mol. The van der Waals surface area contributed by atoms with E-state index in [1.807, 2.05) is 19.9 Å². The smallest absolute Gasteiger partial charge is 0.312 e. The van der Waals surface area contributed by atoms with E-state index in [2.05, 4.69) is 52.0 Å². The van der Waals surface area contributed by atoms with Crippen LogP contribution in [-0.2, 0) is 9.53 Å². The molecule has 4 saturated carbocycles. The fraction of sp³-hybridized carbons (Fsp3) is 0.767. The minimum absolute atomic E-state index is 0. The van der Waals surface area contributed by atoms with Crippen molar-refractivity contribution >= 4 is 5.97 Å². The van der Waals surface area contributed by atoms with Gasteiger partial charge < -0.3 is 4.74 Å². The first-order chi connectivity index (χ1) is 14.3. The summed E-state index contributed by atoms with van der Waals surface area (Å²) in [6.45, 7) is 13.1. The highest BCUT2D eigenvalue weighted by Gasteiger charge is 2.56. The van der Waals surface area contributed by atoms with Gasteiger partial charge in [0.15, 0.2) is 0 Å². The highest BCUT2D eigenvalue weighted by molar-refractivity contribution is 5.77. The van der Waals surface area contributed by atoms with E-state index in [1.165, 1.54) is 26.4 Å². The van der Waals surface area contributed by atoms with E-state index < -0.39 is 0 Å². The average Bonchev–Trinajstić information content (AvgIpc) is 3.45. The van der Waals surface area contributed by atoms with E-state index >= 15 is 0 Å². The molecule has 0 aromatic carbocycles. The Morgan fingerprint density at radius 2 is 1.66 bits per heavy atom. The summed E-state index contributed by atoms with van der Waals surface area (Å²) in [6, 6.07) is 0. The van der Waals surface area contributed by atoms with Crippen molar-refractivity contribution in [2.45, 2.75) is 88.5 Å². The molecule has 0 aromatic rings. The summed E-state index contributed by atoms with van der Waals surface area (Å²) in [6.07, 6.45) is 17.8. The maximum Gasteiger partial charge on any atom is 0.312 e. The second-order valence-corrected chi connectivity index (χ2v) is 10.8. The summed E-state index contributed by atoms with van der Waals surface area (Å²) in [7, 11) is 1.48. The van der Waals surface area contributed by atoms with Crippen molar-refractivity contribution in [2.24, 2.45) is 52.8 Å². The second kappa shape index (κ2) is 11.7. The summed E-state index contributed by atoms with van der Waals surface area (Å²) < 4.78 is 4.89. The van der Waals surface area contributed by atoms with Gasteiger partial charge >= 0.3 is 5.97 Å². The Hall–Kier alpha value is -1.31. The zero-order valence-electron chi connectivity index (χ0n) is 20.4. The van der Waals surface area contributed by atoms with Crippen LogP contribution in [0.5, 0.6) is 0 Å². The van der Waals surface area contributed by atoms with Crippen molar-refractivity contribution in [1.82, 2.24) is 0 Å². The monoisotopic (exact) mass is 444 g/mol. The predicted molar refractivity (Wildman–Crippen MR) is 139 cm³/mol. The van der Waals surface area contributed by atoms with Gasteiger partial charge in [0, 0.05) is 0 Å². The second-order valence-electron chi connectivity index (χ2n) is 10.8. The van der Waals surface area contributed by atoms with Gasteiger partial charge in [-0.1, -0.05) is 64.7 Å². The molecule has 2 nitrogen and oxygen atoms in total. The van der Waals surface area contributed by atoms with E-state index in [0.29, 0.717) is 11.8 Å². The number of methoxy groups -OCH3 is 1. The molecule has 0 radical (unpaired) electrons. The maximum atomic E-state index is 11.7. The summed E-state index contributed by atoms with van der Waals surface area (Å²) in [5, 5.41) is 0. The largest absolute Gasteiger partial charge is 0.469 e. The van der Waals surface area contributed by atoms with Crippen LogP contribution < -0.4 is 0 Å². The van der Waals surface area contributed by atoms with E-state index in [9.17, 15) is 4.79 Å². The molecule has 0 spiro atoms. The molecule has 0 aliphatic heterocycles. The average molecular weight is 445 g/mol. The molecule has 2 bridgehead atoms. The lowest BCUT2D eigenvalue weighted by Gasteiger charge is -2.31. The van der Waals surface area contributed by atoms with Crippen LogP contribution in [0, 0.1) is 52.8 Å². The molecule has 9 atom stereocenters. The van der Waals surface area contributed by atoms with Crippen LogP contribution in [0.2, 0.25) is 0 Å². The standard InChI is InChI=1S/C16H24.C12H20O2.2CH4/c1-4-6-12-7-10(3)15-13-8-11(5-2)14(9-13)16(12)15;1-5-6-10-7-9(2)8-12(10,3)11(13)14-4;;/h4-6,10,12-16H,7-9H2,1-3H3;5-6,9-10H,7-8H2,1-4H3;2*1H4/b6-4+,11-5-;6-5+;;. The van der Waals surface area contributed by atoms with Crippen LogP contribution in [0.15, 0.2) is 36.0 Å². The number of hydrogen-bond donors (Lipinski definition) is 0. The van der Waals surface area contributed by atoms with Gasteiger partial charge in [0.05, 0.1) is 12.5 Å². The quantitative estimate of drug-likeness (QED) is 0.322. The summed E-state index contributed by atoms with van der Waals surface area (Å²) in [4.78, 5) is 11.7. The van der Waals surface area contributed by atoms with E-state index in [4.69, 9.17) is 4.74 Å². The molecule has 0 aromatic heterocycles. The van der Waals surface area contributed by atoms with Crippen molar-refractivity contribution in [3.8, 4) is 0 Å². The molecular formula is C30H52O2. The molecule has 0 amide bonds. The van der Waals surface area contributed by atoms with Crippen LogP contribution in [0.1, 0.15) is 88.5 Å². The predicted octanol–water partition coefficient (Wildman–Crippen LogP) is 8.50. The van der Waals surface area contributed by atoms with Gasteiger partial charge in [-0.3, -0.25) is 4.79 Å². The Kier molecular flexibility index (Phi) is 10.5. The lowest BCUT2D eigenvalue weighted by molar-refractivity contribution is -0.153.